The molecule has 4 heteroatoms. The Morgan fingerprint density at radius 2 is 2.17 bits per heavy atom. The molecular weight excluding hydrogens is 224 g/mol. The predicted molar refractivity (Wildman–Crippen MR) is 75.6 cm³/mol. The van der Waals surface area contributed by atoms with Gasteiger partial charge in [0.1, 0.15) is 5.82 Å². The van der Waals surface area contributed by atoms with Crippen LogP contribution < -0.4 is 11.1 Å². The van der Waals surface area contributed by atoms with E-state index in [0.29, 0.717) is 0 Å². The van der Waals surface area contributed by atoms with Gasteiger partial charge in [-0.1, -0.05) is 19.8 Å². The Labute approximate surface area is 110 Å². The smallest absolute Gasteiger partial charge is 0.124 e. The number of hydrogen-bond donors (Lipinski definition) is 2. The van der Waals surface area contributed by atoms with Crippen LogP contribution in [0.25, 0.3) is 0 Å². The maximum Gasteiger partial charge on any atom is 0.124 e. The molecule has 1 aliphatic rings. The molecule has 0 unspecified atom stereocenters. The number of nitrogens with one attached hydrogen (secondary N) is 1. The van der Waals surface area contributed by atoms with E-state index >= 15 is 0 Å². The summed E-state index contributed by atoms with van der Waals surface area (Å²) >= 11 is 0. The van der Waals surface area contributed by atoms with Crippen molar-refractivity contribution in [2.75, 3.05) is 18.4 Å². The Balaban J connectivity index is 1.97. The minimum absolute atomic E-state index is 0.282. The van der Waals surface area contributed by atoms with E-state index in [1.165, 1.54) is 25.7 Å². The van der Waals surface area contributed by atoms with Crippen LogP contribution in [-0.4, -0.2) is 22.9 Å². The van der Waals surface area contributed by atoms with Crippen LogP contribution in [-0.2, 0) is 7.05 Å². The zero-order chi connectivity index (χ0) is 13.2. The van der Waals surface area contributed by atoms with E-state index in [4.69, 9.17) is 5.73 Å². The molecule has 1 aliphatic carbocycles. The standard InChI is InChI=1S/C14H26N4/c1-11-4-6-14(9-15,7-5-11)10-16-13-8-12(2)17-18(13)3/h8,11,16H,4-7,9-10,15H2,1-3H3. The summed E-state index contributed by atoms with van der Waals surface area (Å²) < 4.78 is 1.91. The topological polar surface area (TPSA) is 55.9 Å². The number of rotatable bonds is 4. The van der Waals surface area contributed by atoms with Crippen LogP contribution in [0.2, 0.25) is 0 Å². The van der Waals surface area contributed by atoms with E-state index in [1.54, 1.807) is 0 Å². The van der Waals surface area contributed by atoms with Gasteiger partial charge in [0.15, 0.2) is 0 Å². The van der Waals surface area contributed by atoms with Gasteiger partial charge < -0.3 is 11.1 Å². The molecule has 0 aromatic carbocycles. The van der Waals surface area contributed by atoms with Gasteiger partial charge in [0.25, 0.3) is 0 Å². The lowest BCUT2D eigenvalue weighted by molar-refractivity contribution is 0.178. The van der Waals surface area contributed by atoms with Crippen molar-refractivity contribution in [1.82, 2.24) is 9.78 Å². The molecule has 102 valence electrons. The summed E-state index contributed by atoms with van der Waals surface area (Å²) in [6.07, 6.45) is 5.11. The molecule has 0 aliphatic heterocycles. The van der Waals surface area contributed by atoms with Crippen molar-refractivity contribution in [3.8, 4) is 0 Å². The number of anilines is 1. The maximum absolute atomic E-state index is 6.03. The van der Waals surface area contributed by atoms with Gasteiger partial charge in [-0.15, -0.1) is 0 Å². The summed E-state index contributed by atoms with van der Waals surface area (Å²) in [5, 5.41) is 7.89. The second-order valence-electron chi connectivity index (χ2n) is 6.03. The summed E-state index contributed by atoms with van der Waals surface area (Å²) in [7, 11) is 1.98. The lowest BCUT2D eigenvalue weighted by atomic mass is 9.71. The molecule has 1 aromatic rings. The Morgan fingerprint density at radius 1 is 1.50 bits per heavy atom. The number of nitrogens with zero attached hydrogens (tertiary/aromatic N) is 2. The molecule has 3 N–H and O–H groups in total. The first-order valence-corrected chi connectivity index (χ1v) is 6.99. The maximum atomic E-state index is 6.03. The summed E-state index contributed by atoms with van der Waals surface area (Å²) in [5.41, 5.74) is 7.37. The molecule has 1 saturated carbocycles. The quantitative estimate of drug-likeness (QED) is 0.862. The van der Waals surface area contributed by atoms with Crippen molar-refractivity contribution in [3.63, 3.8) is 0 Å². The lowest BCUT2D eigenvalue weighted by Gasteiger charge is -2.38. The third-order valence-corrected chi connectivity index (χ3v) is 4.41. The summed E-state index contributed by atoms with van der Waals surface area (Å²) in [6, 6.07) is 2.09. The molecule has 1 aromatic heterocycles. The van der Waals surface area contributed by atoms with Crippen LogP contribution in [0.3, 0.4) is 0 Å². The molecule has 0 atom stereocenters. The minimum Gasteiger partial charge on any atom is -0.370 e. The van der Waals surface area contributed by atoms with Crippen molar-refractivity contribution in [1.29, 1.82) is 0 Å². The zero-order valence-electron chi connectivity index (χ0n) is 11.9. The third kappa shape index (κ3) is 2.86. The third-order valence-electron chi connectivity index (χ3n) is 4.41. The van der Waals surface area contributed by atoms with Crippen LogP contribution in [0, 0.1) is 18.3 Å². The minimum atomic E-state index is 0.282. The van der Waals surface area contributed by atoms with Gasteiger partial charge in [0.05, 0.1) is 5.69 Å². The first kappa shape index (κ1) is 13.4. The lowest BCUT2D eigenvalue weighted by Crippen LogP contribution is -2.40. The van der Waals surface area contributed by atoms with Crippen LogP contribution >= 0.6 is 0 Å². The summed E-state index contributed by atoms with van der Waals surface area (Å²) in [4.78, 5) is 0. The van der Waals surface area contributed by atoms with Crippen molar-refractivity contribution in [3.05, 3.63) is 11.8 Å². The van der Waals surface area contributed by atoms with Gasteiger partial charge >= 0.3 is 0 Å². The predicted octanol–water partition coefficient (Wildman–Crippen LogP) is 2.30. The van der Waals surface area contributed by atoms with E-state index in [1.807, 2.05) is 18.7 Å². The first-order chi connectivity index (χ1) is 8.54. The van der Waals surface area contributed by atoms with Crippen molar-refractivity contribution in [2.45, 2.75) is 39.5 Å². The summed E-state index contributed by atoms with van der Waals surface area (Å²) in [5.74, 6) is 1.96. The highest BCUT2D eigenvalue weighted by atomic mass is 15.3. The van der Waals surface area contributed by atoms with Crippen LogP contribution in [0.1, 0.15) is 38.3 Å². The van der Waals surface area contributed by atoms with E-state index in [2.05, 4.69) is 23.4 Å². The van der Waals surface area contributed by atoms with Gasteiger partial charge in [-0.25, -0.2) is 0 Å². The second kappa shape index (κ2) is 5.31. The average molecular weight is 250 g/mol. The highest BCUT2D eigenvalue weighted by molar-refractivity contribution is 5.36. The van der Waals surface area contributed by atoms with Gasteiger partial charge in [-0.2, -0.15) is 5.10 Å². The highest BCUT2D eigenvalue weighted by Crippen LogP contribution is 2.38. The van der Waals surface area contributed by atoms with Crippen LogP contribution in [0.15, 0.2) is 6.07 Å². The van der Waals surface area contributed by atoms with Gasteiger partial charge in [0.2, 0.25) is 0 Å². The zero-order valence-corrected chi connectivity index (χ0v) is 11.9. The fraction of sp³-hybridized carbons (Fsp3) is 0.786. The number of aromatic nitrogens is 2. The van der Waals surface area contributed by atoms with E-state index in [9.17, 15) is 0 Å². The normalized spacial score (nSPS) is 28.3. The number of aryl methyl sites for hydroxylation is 2. The van der Waals surface area contributed by atoms with Crippen LogP contribution in [0.5, 0.6) is 0 Å². The van der Waals surface area contributed by atoms with E-state index < -0.39 is 0 Å². The average Bonchev–Trinajstić information content (AvgIpc) is 2.68. The van der Waals surface area contributed by atoms with Crippen molar-refractivity contribution in [2.24, 2.45) is 24.1 Å². The molecule has 18 heavy (non-hydrogen) atoms. The number of hydrogen-bond acceptors (Lipinski definition) is 3. The Bertz CT molecular complexity index is 388. The first-order valence-electron chi connectivity index (χ1n) is 6.99. The van der Waals surface area contributed by atoms with Gasteiger partial charge in [-0.3, -0.25) is 4.68 Å². The molecule has 0 amide bonds. The van der Waals surface area contributed by atoms with Gasteiger partial charge in [0, 0.05) is 19.7 Å². The molecular formula is C14H26N4. The van der Waals surface area contributed by atoms with E-state index in [-0.39, 0.29) is 5.41 Å². The Kier molecular flexibility index (Phi) is 3.95. The fourth-order valence-corrected chi connectivity index (χ4v) is 2.88. The van der Waals surface area contributed by atoms with Crippen molar-refractivity contribution < 1.29 is 0 Å². The molecule has 0 spiro atoms. The molecule has 1 fully saturated rings. The summed E-state index contributed by atoms with van der Waals surface area (Å²) in [6.45, 7) is 6.11. The highest BCUT2D eigenvalue weighted by Gasteiger charge is 2.32. The number of nitrogens with two attached hydrogens (primary N) is 1. The monoisotopic (exact) mass is 250 g/mol. The molecule has 2 rings (SSSR count). The Hall–Kier alpha value is -1.03. The SMILES string of the molecule is Cc1cc(NCC2(CN)CCC(C)CC2)n(C)n1. The largest absolute Gasteiger partial charge is 0.370 e. The fourth-order valence-electron chi connectivity index (χ4n) is 2.88. The van der Waals surface area contributed by atoms with Crippen molar-refractivity contribution >= 4 is 5.82 Å². The molecule has 4 nitrogen and oxygen atoms in total. The molecule has 1 heterocycles. The van der Waals surface area contributed by atoms with E-state index in [0.717, 1.165) is 30.5 Å². The molecule has 0 bridgehead atoms. The Morgan fingerprint density at radius 3 is 2.67 bits per heavy atom. The van der Waals surface area contributed by atoms with Crippen LogP contribution in [0.4, 0.5) is 5.82 Å². The molecule has 0 saturated heterocycles. The van der Waals surface area contributed by atoms with Gasteiger partial charge in [-0.05, 0) is 37.6 Å². The second-order valence-corrected chi connectivity index (χ2v) is 6.03. The molecule has 0 radical (unpaired) electrons.